The molecule has 2 heterocycles. The lowest BCUT2D eigenvalue weighted by molar-refractivity contribution is -0.654. The summed E-state index contributed by atoms with van der Waals surface area (Å²) >= 11 is 0. The SMILES string of the molecule is CC(=O)C1=C(O)c2cccc[n+]2NC1. The van der Waals surface area contributed by atoms with E-state index in [0.717, 1.165) is 0 Å². The molecule has 4 nitrogen and oxygen atoms in total. The third kappa shape index (κ3) is 1.25. The maximum Gasteiger partial charge on any atom is 0.277 e. The van der Waals surface area contributed by atoms with Crippen LogP contribution in [0, 0.1) is 0 Å². The molecule has 72 valence electrons. The van der Waals surface area contributed by atoms with E-state index in [1.165, 1.54) is 6.92 Å². The van der Waals surface area contributed by atoms with Crippen molar-refractivity contribution < 1.29 is 14.6 Å². The molecule has 0 aromatic carbocycles. The third-order valence-electron chi connectivity index (χ3n) is 2.24. The molecular weight excluding hydrogens is 180 g/mol. The van der Waals surface area contributed by atoms with Crippen molar-refractivity contribution in [3.05, 3.63) is 35.7 Å². The number of Topliss-reactive ketones (excluding diaryl/α,β-unsaturated/α-hetero) is 1. The maximum atomic E-state index is 11.2. The van der Waals surface area contributed by atoms with Gasteiger partial charge in [-0.05, 0) is 13.0 Å². The molecular formula is C10H11N2O2+. The van der Waals surface area contributed by atoms with Gasteiger partial charge in [-0.15, -0.1) is 0 Å². The van der Waals surface area contributed by atoms with Gasteiger partial charge >= 0.3 is 0 Å². The summed E-state index contributed by atoms with van der Waals surface area (Å²) < 4.78 is 1.70. The molecule has 0 spiro atoms. The summed E-state index contributed by atoms with van der Waals surface area (Å²) in [5.74, 6) is -0.0399. The normalized spacial score (nSPS) is 14.6. The van der Waals surface area contributed by atoms with Crippen LogP contribution in [0.15, 0.2) is 30.0 Å². The average molecular weight is 191 g/mol. The fourth-order valence-corrected chi connectivity index (χ4v) is 1.47. The van der Waals surface area contributed by atoms with Crippen LogP contribution in [0.5, 0.6) is 0 Å². The molecule has 0 bridgehead atoms. The number of fused-ring (bicyclic) bond motifs is 1. The molecule has 0 amide bonds. The van der Waals surface area contributed by atoms with Crippen LogP contribution in [0.25, 0.3) is 5.76 Å². The van der Waals surface area contributed by atoms with Crippen molar-refractivity contribution in [1.82, 2.24) is 0 Å². The number of aromatic nitrogens is 1. The molecule has 0 aliphatic carbocycles. The van der Waals surface area contributed by atoms with Crippen molar-refractivity contribution in [3.63, 3.8) is 0 Å². The number of hydrogen-bond donors (Lipinski definition) is 2. The van der Waals surface area contributed by atoms with Gasteiger partial charge in [0.1, 0.15) is 6.54 Å². The van der Waals surface area contributed by atoms with Crippen molar-refractivity contribution in [2.75, 3.05) is 12.0 Å². The Balaban J connectivity index is 2.56. The molecule has 14 heavy (non-hydrogen) atoms. The molecule has 0 fully saturated rings. The lowest BCUT2D eigenvalue weighted by Crippen LogP contribution is -2.52. The average Bonchev–Trinajstić information content (AvgIpc) is 2.18. The number of pyridine rings is 1. The Kier molecular flexibility index (Phi) is 1.96. The van der Waals surface area contributed by atoms with Gasteiger partial charge in [-0.3, -0.25) is 4.79 Å². The third-order valence-corrected chi connectivity index (χ3v) is 2.24. The number of hydrogen-bond acceptors (Lipinski definition) is 3. The van der Waals surface area contributed by atoms with E-state index in [0.29, 0.717) is 17.8 Å². The summed E-state index contributed by atoms with van der Waals surface area (Å²) in [4.78, 5) is 11.2. The Morgan fingerprint density at radius 1 is 1.57 bits per heavy atom. The van der Waals surface area contributed by atoms with E-state index < -0.39 is 0 Å². The summed E-state index contributed by atoms with van der Waals surface area (Å²) in [6.45, 7) is 1.81. The van der Waals surface area contributed by atoms with Crippen LogP contribution >= 0.6 is 0 Å². The molecule has 0 unspecified atom stereocenters. The Hall–Kier alpha value is -1.84. The number of aliphatic hydroxyl groups is 1. The zero-order valence-corrected chi connectivity index (χ0v) is 7.82. The van der Waals surface area contributed by atoms with Gasteiger partial charge in [0, 0.05) is 12.1 Å². The minimum absolute atomic E-state index is 0.0665. The van der Waals surface area contributed by atoms with E-state index in [9.17, 15) is 9.90 Å². The predicted octanol–water partition coefficient (Wildman–Crippen LogP) is 0.389. The van der Waals surface area contributed by atoms with Crippen LogP contribution in [-0.4, -0.2) is 17.4 Å². The first-order valence-corrected chi connectivity index (χ1v) is 4.38. The van der Waals surface area contributed by atoms with Crippen molar-refractivity contribution in [2.24, 2.45) is 0 Å². The second kappa shape index (κ2) is 3.14. The standard InChI is InChI=1S/C10H10N2O2/c1-7(13)8-6-11-12-5-3-2-4-9(12)10(8)14/h2-5H,6H2,1H3,(H-,11,13,14)/p+1. The van der Waals surface area contributed by atoms with E-state index in [1.807, 2.05) is 12.1 Å². The molecule has 0 saturated carbocycles. The van der Waals surface area contributed by atoms with Crippen LogP contribution in [0.4, 0.5) is 0 Å². The predicted molar refractivity (Wildman–Crippen MR) is 51.1 cm³/mol. The van der Waals surface area contributed by atoms with Gasteiger partial charge in [-0.1, -0.05) is 4.68 Å². The number of nitrogens with zero attached hydrogens (tertiary/aromatic N) is 1. The molecule has 0 radical (unpaired) electrons. The van der Waals surface area contributed by atoms with Crippen molar-refractivity contribution in [2.45, 2.75) is 6.92 Å². The van der Waals surface area contributed by atoms with Crippen LogP contribution < -0.4 is 10.1 Å². The van der Waals surface area contributed by atoms with Crippen LogP contribution in [0.3, 0.4) is 0 Å². The van der Waals surface area contributed by atoms with E-state index in [2.05, 4.69) is 5.43 Å². The first-order chi connectivity index (χ1) is 6.70. The second-order valence-electron chi connectivity index (χ2n) is 3.17. The number of carbonyl (C=O) groups is 1. The van der Waals surface area contributed by atoms with Crippen molar-refractivity contribution in [3.8, 4) is 0 Å². The number of rotatable bonds is 1. The van der Waals surface area contributed by atoms with Gasteiger partial charge in [-0.25, -0.2) is 0 Å². The van der Waals surface area contributed by atoms with Crippen LogP contribution in [0.2, 0.25) is 0 Å². The van der Waals surface area contributed by atoms with Gasteiger partial charge in [-0.2, -0.15) is 5.43 Å². The van der Waals surface area contributed by atoms with Crippen LogP contribution in [-0.2, 0) is 4.79 Å². The number of aliphatic hydroxyl groups excluding tert-OH is 1. The van der Waals surface area contributed by atoms with E-state index in [1.54, 1.807) is 16.9 Å². The lowest BCUT2D eigenvalue weighted by atomic mass is 10.1. The molecule has 1 aromatic heterocycles. The summed E-state index contributed by atoms with van der Waals surface area (Å²) in [6, 6.07) is 5.42. The number of carbonyl (C=O) groups excluding carboxylic acids is 1. The van der Waals surface area contributed by atoms with Gasteiger partial charge in [0.2, 0.25) is 0 Å². The topological polar surface area (TPSA) is 53.2 Å². The van der Waals surface area contributed by atoms with E-state index in [4.69, 9.17) is 0 Å². The summed E-state index contributed by atoms with van der Waals surface area (Å²) in [5, 5.41) is 9.79. The molecule has 2 rings (SSSR count). The highest BCUT2D eigenvalue weighted by Crippen LogP contribution is 2.15. The first kappa shape index (κ1) is 8.74. The Bertz CT molecular complexity index is 424. The molecule has 1 aliphatic heterocycles. The lowest BCUT2D eigenvalue weighted by Gasteiger charge is -2.12. The number of ketones is 1. The molecule has 4 heteroatoms. The first-order valence-electron chi connectivity index (χ1n) is 4.38. The second-order valence-corrected chi connectivity index (χ2v) is 3.17. The zero-order valence-electron chi connectivity index (χ0n) is 7.82. The fourth-order valence-electron chi connectivity index (χ4n) is 1.47. The molecule has 1 aromatic rings. The maximum absolute atomic E-state index is 11.2. The Labute approximate surface area is 81.5 Å². The highest BCUT2D eigenvalue weighted by Gasteiger charge is 2.26. The zero-order chi connectivity index (χ0) is 10.1. The van der Waals surface area contributed by atoms with Gasteiger partial charge in [0.15, 0.2) is 17.7 Å². The molecule has 0 saturated heterocycles. The van der Waals surface area contributed by atoms with Crippen LogP contribution in [0.1, 0.15) is 12.6 Å². The van der Waals surface area contributed by atoms with Crippen molar-refractivity contribution >= 4 is 11.5 Å². The van der Waals surface area contributed by atoms with E-state index >= 15 is 0 Å². The molecule has 2 N–H and O–H groups in total. The Morgan fingerprint density at radius 3 is 3.07 bits per heavy atom. The van der Waals surface area contributed by atoms with Gasteiger partial charge in [0.25, 0.3) is 5.69 Å². The van der Waals surface area contributed by atoms with Crippen molar-refractivity contribution in [1.29, 1.82) is 0 Å². The summed E-state index contributed by atoms with van der Waals surface area (Å²) in [6.07, 6.45) is 1.79. The quantitative estimate of drug-likeness (QED) is 0.631. The van der Waals surface area contributed by atoms with E-state index in [-0.39, 0.29) is 11.5 Å². The summed E-state index contributed by atoms with van der Waals surface area (Å²) in [5.41, 5.74) is 4.04. The molecule has 1 aliphatic rings. The molecule has 0 atom stereocenters. The fraction of sp³-hybridized carbons (Fsp3) is 0.200. The largest absolute Gasteiger partial charge is 0.502 e. The monoisotopic (exact) mass is 191 g/mol. The Morgan fingerprint density at radius 2 is 2.36 bits per heavy atom. The highest BCUT2D eigenvalue weighted by molar-refractivity contribution is 6.00. The smallest absolute Gasteiger partial charge is 0.277 e. The van der Waals surface area contributed by atoms with Gasteiger partial charge < -0.3 is 5.11 Å². The minimum atomic E-state index is -0.106. The summed E-state index contributed by atoms with van der Waals surface area (Å²) in [7, 11) is 0. The number of nitrogens with one attached hydrogen (secondary N) is 1. The minimum Gasteiger partial charge on any atom is -0.502 e. The highest BCUT2D eigenvalue weighted by atomic mass is 16.3. The van der Waals surface area contributed by atoms with Gasteiger partial charge in [0.05, 0.1) is 5.57 Å².